The number of pyridine rings is 1. The van der Waals surface area contributed by atoms with Gasteiger partial charge < -0.3 is 14.6 Å². The Morgan fingerprint density at radius 1 is 1.17 bits per heavy atom. The van der Waals surface area contributed by atoms with E-state index in [4.69, 9.17) is 9.26 Å². The third-order valence-corrected chi connectivity index (χ3v) is 3.84. The molecule has 6 nitrogen and oxygen atoms in total. The second-order valence-electron chi connectivity index (χ2n) is 5.09. The smallest absolute Gasteiger partial charge is 0.257 e. The van der Waals surface area contributed by atoms with Gasteiger partial charge in [0.2, 0.25) is 5.88 Å². The highest BCUT2D eigenvalue weighted by atomic mass is 79.9. The Hall–Kier alpha value is -2.67. The summed E-state index contributed by atoms with van der Waals surface area (Å²) >= 11 is 3.36. The second-order valence-corrected chi connectivity index (χ2v) is 6.01. The number of rotatable bonds is 4. The van der Waals surface area contributed by atoms with Crippen LogP contribution in [0.2, 0.25) is 0 Å². The van der Waals surface area contributed by atoms with Crippen LogP contribution in [0, 0.1) is 13.8 Å². The third-order valence-electron chi connectivity index (χ3n) is 3.31. The first-order chi connectivity index (χ1) is 11.5. The van der Waals surface area contributed by atoms with E-state index in [9.17, 15) is 4.79 Å². The van der Waals surface area contributed by atoms with Gasteiger partial charge in [-0.15, -0.1) is 0 Å². The van der Waals surface area contributed by atoms with Gasteiger partial charge in [0, 0.05) is 16.7 Å². The summed E-state index contributed by atoms with van der Waals surface area (Å²) in [5.41, 5.74) is 1.62. The van der Waals surface area contributed by atoms with Crippen LogP contribution in [0.3, 0.4) is 0 Å². The molecule has 0 saturated carbocycles. The van der Waals surface area contributed by atoms with Crippen LogP contribution in [0.4, 0.5) is 5.69 Å². The third kappa shape index (κ3) is 3.62. The van der Waals surface area contributed by atoms with Crippen molar-refractivity contribution in [3.63, 3.8) is 0 Å². The van der Waals surface area contributed by atoms with E-state index >= 15 is 0 Å². The van der Waals surface area contributed by atoms with Crippen LogP contribution in [0.15, 0.2) is 51.6 Å². The minimum Gasteiger partial charge on any atom is -0.439 e. The Kier molecular flexibility index (Phi) is 4.61. The van der Waals surface area contributed by atoms with E-state index < -0.39 is 0 Å². The number of amides is 1. The predicted molar refractivity (Wildman–Crippen MR) is 92.4 cm³/mol. The minimum atomic E-state index is -0.285. The molecule has 0 spiro atoms. The van der Waals surface area contributed by atoms with Crippen LogP contribution in [0.25, 0.3) is 0 Å². The number of benzene rings is 1. The van der Waals surface area contributed by atoms with Crippen molar-refractivity contribution in [2.75, 3.05) is 5.32 Å². The fraction of sp³-hybridized carbons (Fsp3) is 0.118. The van der Waals surface area contributed by atoms with Gasteiger partial charge in [-0.2, -0.15) is 0 Å². The van der Waals surface area contributed by atoms with Gasteiger partial charge in [-0.25, -0.2) is 4.98 Å². The maximum Gasteiger partial charge on any atom is 0.257 e. The van der Waals surface area contributed by atoms with Crippen molar-refractivity contribution in [2.24, 2.45) is 0 Å². The van der Waals surface area contributed by atoms with Gasteiger partial charge in [0.05, 0.1) is 5.56 Å². The normalized spacial score (nSPS) is 10.5. The predicted octanol–water partition coefficient (Wildman–Crippen LogP) is 4.49. The Bertz CT molecular complexity index is 838. The molecule has 2 aromatic heterocycles. The highest BCUT2D eigenvalue weighted by Gasteiger charge is 2.14. The monoisotopic (exact) mass is 387 g/mol. The number of carbonyl (C=O) groups is 1. The lowest BCUT2D eigenvalue weighted by molar-refractivity contribution is 0.102. The molecule has 1 amide bonds. The van der Waals surface area contributed by atoms with Gasteiger partial charge in [0.15, 0.2) is 5.76 Å². The molecule has 0 saturated heterocycles. The fourth-order valence-electron chi connectivity index (χ4n) is 2.05. The van der Waals surface area contributed by atoms with Crippen LogP contribution in [0.5, 0.6) is 11.6 Å². The molecule has 0 bridgehead atoms. The molecule has 0 aliphatic rings. The van der Waals surface area contributed by atoms with Crippen molar-refractivity contribution in [2.45, 2.75) is 13.8 Å². The molecule has 122 valence electrons. The number of nitrogens with zero attached hydrogens (tertiary/aromatic N) is 2. The number of aromatic nitrogens is 2. The Labute approximate surface area is 147 Å². The van der Waals surface area contributed by atoms with Crippen molar-refractivity contribution >= 4 is 27.5 Å². The zero-order chi connectivity index (χ0) is 17.1. The highest BCUT2D eigenvalue weighted by Crippen LogP contribution is 2.23. The Balaban J connectivity index is 1.69. The number of aryl methyl sites for hydroxylation is 2. The summed E-state index contributed by atoms with van der Waals surface area (Å²) in [5.74, 6) is 1.35. The first-order valence-corrected chi connectivity index (χ1v) is 7.96. The topological polar surface area (TPSA) is 77.2 Å². The average molecular weight is 388 g/mol. The van der Waals surface area contributed by atoms with E-state index in [0.717, 1.165) is 4.47 Å². The molecule has 0 aliphatic carbocycles. The molecular formula is C17H14BrN3O3. The van der Waals surface area contributed by atoms with Crippen molar-refractivity contribution in [3.8, 4) is 11.6 Å². The van der Waals surface area contributed by atoms with Crippen LogP contribution in [-0.4, -0.2) is 16.0 Å². The molecule has 0 aliphatic heterocycles. The lowest BCUT2D eigenvalue weighted by Crippen LogP contribution is -2.13. The molecule has 0 radical (unpaired) electrons. The number of ether oxygens (including phenoxy) is 1. The summed E-state index contributed by atoms with van der Waals surface area (Å²) in [4.78, 5) is 16.4. The molecule has 3 rings (SSSR count). The van der Waals surface area contributed by atoms with E-state index in [-0.39, 0.29) is 5.91 Å². The van der Waals surface area contributed by atoms with Crippen LogP contribution in [0.1, 0.15) is 21.8 Å². The van der Waals surface area contributed by atoms with Crippen molar-refractivity contribution in [3.05, 3.63) is 64.1 Å². The summed E-state index contributed by atoms with van der Waals surface area (Å²) in [6.07, 6.45) is 1.46. The van der Waals surface area contributed by atoms with Gasteiger partial charge >= 0.3 is 0 Å². The first kappa shape index (κ1) is 16.2. The van der Waals surface area contributed by atoms with Gasteiger partial charge in [-0.05, 0) is 44.2 Å². The quantitative estimate of drug-likeness (QED) is 0.713. The molecule has 24 heavy (non-hydrogen) atoms. The van der Waals surface area contributed by atoms with E-state index in [1.807, 2.05) is 24.3 Å². The maximum atomic E-state index is 12.3. The van der Waals surface area contributed by atoms with Crippen LogP contribution < -0.4 is 10.1 Å². The SMILES string of the molecule is Cc1noc(C)c1NC(=O)c1ccc(Oc2ccc(Br)cc2)nc1. The van der Waals surface area contributed by atoms with Gasteiger partial charge in [-0.1, -0.05) is 21.1 Å². The second kappa shape index (κ2) is 6.84. The van der Waals surface area contributed by atoms with Gasteiger partial charge in [0.1, 0.15) is 17.1 Å². The summed E-state index contributed by atoms with van der Waals surface area (Å²) in [6.45, 7) is 3.50. The molecule has 0 fully saturated rings. The molecule has 7 heteroatoms. The van der Waals surface area contributed by atoms with E-state index in [1.54, 1.807) is 26.0 Å². The molecule has 3 aromatic rings. The first-order valence-electron chi connectivity index (χ1n) is 7.16. The molecule has 1 aromatic carbocycles. The van der Waals surface area contributed by atoms with E-state index in [1.165, 1.54) is 6.20 Å². The zero-order valence-electron chi connectivity index (χ0n) is 13.0. The van der Waals surface area contributed by atoms with E-state index in [0.29, 0.717) is 34.3 Å². The Morgan fingerprint density at radius 3 is 2.50 bits per heavy atom. The van der Waals surface area contributed by atoms with Gasteiger partial charge in [-0.3, -0.25) is 4.79 Å². The number of carbonyl (C=O) groups excluding carboxylic acids is 1. The summed E-state index contributed by atoms with van der Waals surface area (Å²) < 4.78 is 11.6. The lowest BCUT2D eigenvalue weighted by atomic mass is 10.2. The largest absolute Gasteiger partial charge is 0.439 e. The summed E-state index contributed by atoms with van der Waals surface area (Å²) in [7, 11) is 0. The number of hydrogen-bond donors (Lipinski definition) is 1. The maximum absolute atomic E-state index is 12.3. The van der Waals surface area contributed by atoms with Crippen LogP contribution >= 0.6 is 15.9 Å². The van der Waals surface area contributed by atoms with Gasteiger partial charge in [0.25, 0.3) is 5.91 Å². The van der Waals surface area contributed by atoms with Crippen LogP contribution in [-0.2, 0) is 0 Å². The summed E-state index contributed by atoms with van der Waals surface area (Å²) in [5, 5.41) is 6.57. The number of anilines is 1. The number of halogens is 1. The molecule has 2 heterocycles. The number of hydrogen-bond acceptors (Lipinski definition) is 5. The molecule has 0 unspecified atom stereocenters. The summed E-state index contributed by atoms with van der Waals surface area (Å²) in [6, 6.07) is 10.7. The molecular weight excluding hydrogens is 374 g/mol. The standard InChI is InChI=1S/C17H14BrN3O3/c1-10-16(11(2)24-21-10)20-17(22)12-3-8-15(19-9-12)23-14-6-4-13(18)5-7-14/h3-9H,1-2H3,(H,20,22). The average Bonchev–Trinajstić information content (AvgIpc) is 2.89. The van der Waals surface area contributed by atoms with Crippen molar-refractivity contribution < 1.29 is 14.1 Å². The zero-order valence-corrected chi connectivity index (χ0v) is 14.6. The lowest BCUT2D eigenvalue weighted by Gasteiger charge is -2.07. The molecule has 1 N–H and O–H groups in total. The van der Waals surface area contributed by atoms with E-state index in [2.05, 4.69) is 31.4 Å². The fourth-order valence-corrected chi connectivity index (χ4v) is 2.31. The minimum absolute atomic E-state index is 0.285. The Morgan fingerprint density at radius 2 is 1.92 bits per heavy atom. The number of nitrogens with one attached hydrogen (secondary N) is 1. The highest BCUT2D eigenvalue weighted by molar-refractivity contribution is 9.10. The van der Waals surface area contributed by atoms with Crippen molar-refractivity contribution in [1.29, 1.82) is 0 Å². The molecule has 0 atom stereocenters. The van der Waals surface area contributed by atoms with Crippen molar-refractivity contribution in [1.82, 2.24) is 10.1 Å².